The van der Waals surface area contributed by atoms with Crippen molar-refractivity contribution >= 4 is 17.5 Å². The van der Waals surface area contributed by atoms with E-state index in [-0.39, 0.29) is 18.6 Å². The summed E-state index contributed by atoms with van der Waals surface area (Å²) >= 11 is 5.89. The van der Waals surface area contributed by atoms with Crippen LogP contribution < -0.4 is 10.1 Å². The average Bonchev–Trinajstić information content (AvgIpc) is 2.36. The van der Waals surface area contributed by atoms with Crippen molar-refractivity contribution in [2.75, 3.05) is 13.7 Å². The molecule has 18 heavy (non-hydrogen) atoms. The lowest BCUT2D eigenvalue weighted by atomic mass is 10.1. The van der Waals surface area contributed by atoms with Crippen molar-refractivity contribution in [1.82, 2.24) is 5.32 Å². The predicted octanol–water partition coefficient (Wildman–Crippen LogP) is 2.24. The maximum absolute atomic E-state index is 11.9. The molecule has 0 aliphatic carbocycles. The third-order valence-corrected chi connectivity index (χ3v) is 2.90. The van der Waals surface area contributed by atoms with Crippen molar-refractivity contribution in [3.8, 4) is 5.75 Å². The summed E-state index contributed by atoms with van der Waals surface area (Å²) < 4.78 is 5.06. The molecule has 0 saturated heterocycles. The molecule has 0 radical (unpaired) electrons. The molecule has 2 N–H and O–H groups in total. The molecule has 1 aromatic carbocycles. The van der Waals surface area contributed by atoms with Gasteiger partial charge in [-0.3, -0.25) is 4.79 Å². The van der Waals surface area contributed by atoms with E-state index in [4.69, 9.17) is 21.4 Å². The zero-order valence-electron chi connectivity index (χ0n) is 10.6. The third kappa shape index (κ3) is 4.20. The van der Waals surface area contributed by atoms with Crippen LogP contribution in [-0.4, -0.2) is 30.8 Å². The second kappa shape index (κ2) is 7.24. The second-order valence-corrected chi connectivity index (χ2v) is 4.50. The molecule has 100 valence electrons. The first-order chi connectivity index (χ1) is 8.58. The number of methoxy groups -OCH3 is 1. The van der Waals surface area contributed by atoms with Gasteiger partial charge in [-0.2, -0.15) is 0 Å². The first-order valence-corrected chi connectivity index (χ1v) is 6.21. The van der Waals surface area contributed by atoms with Crippen molar-refractivity contribution in [3.05, 3.63) is 28.8 Å². The molecule has 0 aliphatic heterocycles. The number of rotatable bonds is 6. The molecular weight excluding hydrogens is 254 g/mol. The molecular formula is C13H18ClNO3. The third-order valence-electron chi connectivity index (χ3n) is 2.59. The van der Waals surface area contributed by atoms with Gasteiger partial charge < -0.3 is 15.2 Å². The maximum atomic E-state index is 11.9. The fraction of sp³-hybridized carbons (Fsp3) is 0.462. The van der Waals surface area contributed by atoms with Crippen LogP contribution in [0.3, 0.4) is 0 Å². The van der Waals surface area contributed by atoms with Crippen LogP contribution in [0.2, 0.25) is 5.02 Å². The van der Waals surface area contributed by atoms with Crippen molar-refractivity contribution in [1.29, 1.82) is 0 Å². The van der Waals surface area contributed by atoms with Crippen LogP contribution in [0.5, 0.6) is 5.75 Å². The molecule has 1 unspecified atom stereocenters. The van der Waals surface area contributed by atoms with Gasteiger partial charge >= 0.3 is 0 Å². The van der Waals surface area contributed by atoms with Crippen LogP contribution >= 0.6 is 11.6 Å². The zero-order valence-corrected chi connectivity index (χ0v) is 11.3. The molecule has 5 heteroatoms. The van der Waals surface area contributed by atoms with Gasteiger partial charge in [-0.15, -0.1) is 0 Å². The highest BCUT2D eigenvalue weighted by Crippen LogP contribution is 2.24. The summed E-state index contributed by atoms with van der Waals surface area (Å²) in [6.45, 7) is 2.04. The Morgan fingerprint density at radius 2 is 2.28 bits per heavy atom. The van der Waals surface area contributed by atoms with Crippen molar-refractivity contribution in [3.63, 3.8) is 0 Å². The highest BCUT2D eigenvalue weighted by atomic mass is 35.5. The Morgan fingerprint density at radius 3 is 2.89 bits per heavy atom. The van der Waals surface area contributed by atoms with Crippen LogP contribution in [-0.2, 0) is 0 Å². The van der Waals surface area contributed by atoms with Crippen LogP contribution in [0, 0.1) is 0 Å². The number of nitrogens with one attached hydrogen (secondary N) is 1. The fourth-order valence-corrected chi connectivity index (χ4v) is 1.77. The molecule has 4 nitrogen and oxygen atoms in total. The molecule has 1 aromatic rings. The van der Waals surface area contributed by atoms with E-state index in [0.29, 0.717) is 22.8 Å². The van der Waals surface area contributed by atoms with E-state index < -0.39 is 0 Å². The Balaban J connectivity index is 2.66. The molecule has 1 amide bonds. The minimum atomic E-state index is -0.171. The molecule has 0 aliphatic rings. The van der Waals surface area contributed by atoms with Crippen LogP contribution in [0.25, 0.3) is 0 Å². The second-order valence-electron chi connectivity index (χ2n) is 4.09. The minimum absolute atomic E-state index is 0.0197. The quantitative estimate of drug-likeness (QED) is 0.834. The smallest absolute Gasteiger partial charge is 0.251 e. The van der Waals surface area contributed by atoms with Crippen molar-refractivity contribution in [2.45, 2.75) is 25.8 Å². The molecule has 1 atom stereocenters. The van der Waals surface area contributed by atoms with Gasteiger partial charge in [0.05, 0.1) is 12.1 Å². The summed E-state index contributed by atoms with van der Waals surface area (Å²) in [5.74, 6) is 0.308. The molecule has 0 heterocycles. The van der Waals surface area contributed by atoms with Gasteiger partial charge in [-0.25, -0.2) is 0 Å². The highest BCUT2D eigenvalue weighted by Gasteiger charge is 2.11. The van der Waals surface area contributed by atoms with Crippen LogP contribution in [0.4, 0.5) is 0 Å². The topological polar surface area (TPSA) is 58.6 Å². The highest BCUT2D eigenvalue weighted by molar-refractivity contribution is 6.32. The summed E-state index contributed by atoms with van der Waals surface area (Å²) in [7, 11) is 1.51. The molecule has 0 spiro atoms. The van der Waals surface area contributed by atoms with E-state index in [9.17, 15) is 4.79 Å². The number of amides is 1. The predicted molar refractivity (Wildman–Crippen MR) is 71.3 cm³/mol. The summed E-state index contributed by atoms with van der Waals surface area (Å²) in [5, 5.41) is 12.0. The Labute approximate surface area is 112 Å². The number of carbonyl (C=O) groups is 1. The Hall–Kier alpha value is -1.26. The van der Waals surface area contributed by atoms with Crippen LogP contribution in [0.15, 0.2) is 18.2 Å². The van der Waals surface area contributed by atoms with Crippen LogP contribution in [0.1, 0.15) is 30.1 Å². The molecule has 0 aromatic heterocycles. The number of hydrogen-bond acceptors (Lipinski definition) is 3. The monoisotopic (exact) mass is 271 g/mol. The van der Waals surface area contributed by atoms with Gasteiger partial charge in [-0.1, -0.05) is 11.6 Å². The molecule has 0 fully saturated rings. The van der Waals surface area contributed by atoms with Gasteiger partial charge in [0.15, 0.2) is 0 Å². The summed E-state index contributed by atoms with van der Waals surface area (Å²) in [6.07, 6.45) is 1.42. The average molecular weight is 272 g/mol. The summed E-state index contributed by atoms with van der Waals surface area (Å²) in [6, 6.07) is 4.91. The van der Waals surface area contributed by atoms with E-state index in [2.05, 4.69) is 5.32 Å². The lowest BCUT2D eigenvalue weighted by molar-refractivity contribution is 0.0936. The summed E-state index contributed by atoms with van der Waals surface area (Å²) in [4.78, 5) is 11.9. The standard InChI is InChI=1S/C13H18ClNO3/c1-9(4-3-7-16)15-13(17)10-5-6-11(14)12(8-10)18-2/h5-6,8-9,16H,3-4,7H2,1-2H3,(H,15,17). The lowest BCUT2D eigenvalue weighted by Gasteiger charge is -2.13. The van der Waals surface area contributed by atoms with E-state index in [0.717, 1.165) is 6.42 Å². The van der Waals surface area contributed by atoms with Gasteiger partial charge in [-0.05, 0) is 38.0 Å². The Bertz CT molecular complexity index is 409. The lowest BCUT2D eigenvalue weighted by Crippen LogP contribution is -2.32. The SMILES string of the molecule is COc1cc(C(=O)NC(C)CCCO)ccc1Cl. The number of hydrogen-bond donors (Lipinski definition) is 2. The Morgan fingerprint density at radius 1 is 1.56 bits per heavy atom. The van der Waals surface area contributed by atoms with Gasteiger partial charge in [0.25, 0.3) is 5.91 Å². The minimum Gasteiger partial charge on any atom is -0.495 e. The first-order valence-electron chi connectivity index (χ1n) is 5.83. The summed E-state index contributed by atoms with van der Waals surface area (Å²) in [5.41, 5.74) is 0.507. The Kier molecular flexibility index (Phi) is 5.95. The number of benzene rings is 1. The molecule has 1 rings (SSSR count). The van der Waals surface area contributed by atoms with E-state index in [1.807, 2.05) is 6.92 Å². The fourth-order valence-electron chi connectivity index (χ4n) is 1.58. The van der Waals surface area contributed by atoms with Crippen molar-refractivity contribution in [2.24, 2.45) is 0 Å². The normalized spacial score (nSPS) is 12.0. The largest absolute Gasteiger partial charge is 0.495 e. The first kappa shape index (κ1) is 14.8. The van der Waals surface area contributed by atoms with Crippen molar-refractivity contribution < 1.29 is 14.6 Å². The molecule has 0 bridgehead atoms. The number of carbonyl (C=O) groups excluding carboxylic acids is 1. The van der Waals surface area contributed by atoms with Gasteiger partial charge in [0.2, 0.25) is 0 Å². The zero-order chi connectivity index (χ0) is 13.5. The van der Waals surface area contributed by atoms with Gasteiger partial charge in [0, 0.05) is 18.2 Å². The van der Waals surface area contributed by atoms with E-state index >= 15 is 0 Å². The van der Waals surface area contributed by atoms with Gasteiger partial charge in [0.1, 0.15) is 5.75 Å². The number of aliphatic hydroxyl groups excluding tert-OH is 1. The molecule has 0 saturated carbocycles. The number of ether oxygens (including phenoxy) is 1. The van der Waals surface area contributed by atoms with E-state index in [1.54, 1.807) is 18.2 Å². The number of halogens is 1. The van der Waals surface area contributed by atoms with E-state index in [1.165, 1.54) is 7.11 Å². The number of aliphatic hydroxyl groups is 1. The maximum Gasteiger partial charge on any atom is 0.251 e.